The average molecular weight is 703 g/mol. The van der Waals surface area contributed by atoms with Crippen molar-refractivity contribution in [1.82, 2.24) is 23.5 Å². The maximum absolute atomic E-state index is 14.0. The van der Waals surface area contributed by atoms with Crippen molar-refractivity contribution in [1.29, 1.82) is 0 Å². The lowest BCUT2D eigenvalue weighted by atomic mass is 9.68. The smallest absolute Gasteiger partial charge is 0.347 e. The van der Waals surface area contributed by atoms with Crippen molar-refractivity contribution in [2.75, 3.05) is 14.2 Å². The molecular weight excluding hydrogens is 674 g/mol. The number of fused-ring (bicyclic) bond motifs is 4. The van der Waals surface area contributed by atoms with E-state index in [1.165, 1.54) is 40.3 Å². The van der Waals surface area contributed by atoms with Crippen LogP contribution in [0.2, 0.25) is 0 Å². The summed E-state index contributed by atoms with van der Waals surface area (Å²) in [6.07, 6.45) is 3.00. The number of hydrogen-bond acceptors (Lipinski definition) is 9. The minimum atomic E-state index is -0.808. The summed E-state index contributed by atoms with van der Waals surface area (Å²) in [5, 5.41) is 10.8. The van der Waals surface area contributed by atoms with Gasteiger partial charge in [0.2, 0.25) is 0 Å². The standard InChI is InChI=1S/C33H28BrN5O8/c1-36-23-15-27(47-3)26(46-2)14-21(23)35-20(31(36)43)9-10-37-32(44)38-11-8-16-22(39(38)33(37)45)12-18-29(25(41)13-19(34)30(18)42)28(16)17-6-4-5-7-24(17)40/h4-8,13-15,22,28,40H,9-12H2,1-3H3/t22-,28-/m1/s1. The quantitative estimate of drug-likeness (QED) is 0.236. The van der Waals surface area contributed by atoms with E-state index in [1.807, 2.05) is 0 Å². The number of aromatic hydroxyl groups is 1. The minimum Gasteiger partial charge on any atom is -0.508 e. The molecule has 240 valence electrons. The van der Waals surface area contributed by atoms with Gasteiger partial charge in [-0.2, -0.15) is 0 Å². The molecule has 0 spiro atoms. The van der Waals surface area contributed by atoms with Crippen molar-refractivity contribution < 1.29 is 24.2 Å². The molecule has 0 bridgehead atoms. The van der Waals surface area contributed by atoms with Crippen LogP contribution >= 0.6 is 15.9 Å². The second kappa shape index (κ2) is 11.2. The van der Waals surface area contributed by atoms with Gasteiger partial charge in [0.1, 0.15) is 11.4 Å². The Hall–Kier alpha value is -5.24. The highest BCUT2D eigenvalue weighted by atomic mass is 79.9. The van der Waals surface area contributed by atoms with Crippen molar-refractivity contribution >= 4 is 38.5 Å². The first kappa shape index (κ1) is 30.4. The van der Waals surface area contributed by atoms with Gasteiger partial charge >= 0.3 is 11.4 Å². The van der Waals surface area contributed by atoms with Gasteiger partial charge in [0.15, 0.2) is 23.1 Å². The van der Waals surface area contributed by atoms with Crippen molar-refractivity contribution in [3.63, 3.8) is 0 Å². The van der Waals surface area contributed by atoms with Gasteiger partial charge in [0, 0.05) is 67.3 Å². The average Bonchev–Trinajstić information content (AvgIpc) is 3.31. The molecular formula is C33H28BrN5O8. The Morgan fingerprint density at radius 2 is 1.74 bits per heavy atom. The molecule has 47 heavy (non-hydrogen) atoms. The van der Waals surface area contributed by atoms with Crippen LogP contribution < -0.4 is 26.4 Å². The highest BCUT2D eigenvalue weighted by molar-refractivity contribution is 9.12. The van der Waals surface area contributed by atoms with E-state index < -0.39 is 29.1 Å². The molecule has 2 aromatic heterocycles. The first-order valence-corrected chi connectivity index (χ1v) is 15.6. The van der Waals surface area contributed by atoms with E-state index in [0.29, 0.717) is 33.7 Å². The van der Waals surface area contributed by atoms with E-state index >= 15 is 0 Å². The summed E-state index contributed by atoms with van der Waals surface area (Å²) in [7, 11) is 4.59. The number of phenols is 1. The predicted molar refractivity (Wildman–Crippen MR) is 173 cm³/mol. The van der Waals surface area contributed by atoms with Crippen LogP contribution in [-0.4, -0.2) is 54.4 Å². The molecule has 0 fully saturated rings. The number of hydrogen-bond donors (Lipinski definition) is 1. The fourth-order valence-electron chi connectivity index (χ4n) is 6.89. The second-order valence-corrected chi connectivity index (χ2v) is 12.4. The summed E-state index contributed by atoms with van der Waals surface area (Å²) in [6, 6.07) is 9.08. The molecule has 2 atom stereocenters. The van der Waals surface area contributed by atoms with Crippen LogP contribution in [0, 0.1) is 0 Å². The normalized spacial score (nSPS) is 18.8. The molecule has 0 radical (unpaired) electrons. The third-order valence-corrected chi connectivity index (χ3v) is 9.74. The predicted octanol–water partition coefficient (Wildman–Crippen LogP) is 2.42. The molecule has 13 nitrogen and oxygen atoms in total. The molecule has 14 heteroatoms. The summed E-state index contributed by atoms with van der Waals surface area (Å²) >= 11 is 3.20. The number of rotatable bonds is 6. The van der Waals surface area contributed by atoms with Crippen molar-refractivity contribution in [3.8, 4) is 17.2 Å². The number of nitrogens with zero attached hydrogens (tertiary/aromatic N) is 5. The van der Waals surface area contributed by atoms with Crippen LogP contribution in [0.4, 0.5) is 0 Å². The van der Waals surface area contributed by atoms with Crippen LogP contribution in [0.5, 0.6) is 17.2 Å². The monoisotopic (exact) mass is 701 g/mol. The molecule has 3 heterocycles. The van der Waals surface area contributed by atoms with Gasteiger partial charge in [-0.3, -0.25) is 14.4 Å². The zero-order valence-electron chi connectivity index (χ0n) is 25.5. The van der Waals surface area contributed by atoms with E-state index in [0.717, 1.165) is 4.57 Å². The van der Waals surface area contributed by atoms with E-state index in [9.17, 15) is 29.1 Å². The number of aromatic nitrogens is 5. The van der Waals surface area contributed by atoms with Crippen LogP contribution in [0.25, 0.3) is 11.0 Å². The number of carbonyl (C=O) groups excluding carboxylic acids is 2. The van der Waals surface area contributed by atoms with Crippen molar-refractivity contribution in [3.05, 3.63) is 112 Å². The first-order chi connectivity index (χ1) is 22.5. The molecule has 0 saturated heterocycles. The Kier molecular flexibility index (Phi) is 7.27. The number of methoxy groups -OCH3 is 2. The molecule has 1 aliphatic heterocycles. The number of Topliss-reactive ketones (excluding diaryl/α,β-unsaturated/α-hetero) is 1. The highest BCUT2D eigenvalue weighted by Gasteiger charge is 2.45. The summed E-state index contributed by atoms with van der Waals surface area (Å²) in [5.74, 6) is -0.755. The molecule has 0 unspecified atom stereocenters. The van der Waals surface area contributed by atoms with Crippen molar-refractivity contribution in [2.45, 2.75) is 37.9 Å². The Bertz CT molecular complexity index is 2340. The summed E-state index contributed by atoms with van der Waals surface area (Å²) in [5.41, 5.74) is 1.07. The lowest BCUT2D eigenvalue weighted by Gasteiger charge is -2.39. The Balaban J connectivity index is 1.29. The van der Waals surface area contributed by atoms with Crippen LogP contribution in [0.3, 0.4) is 0 Å². The van der Waals surface area contributed by atoms with E-state index in [2.05, 4.69) is 20.9 Å². The lowest BCUT2D eigenvalue weighted by Crippen LogP contribution is -2.40. The number of ether oxygens (including phenoxy) is 2. The zero-order valence-corrected chi connectivity index (χ0v) is 27.1. The number of phenolic OH excluding ortho intramolecular Hbond substituents is 1. The fraction of sp³-hybridized carbons (Fsp3) is 0.273. The van der Waals surface area contributed by atoms with E-state index in [4.69, 9.17) is 9.47 Å². The SMILES string of the molecule is COc1cc2nc(CCn3c(=O)n4n(c3=O)[C@@H]3CC5=C(C(=O)C=C(Br)C5=O)[C@@H](c5ccccc5O)C3=CC4)c(=O)n(C)c2cc1OC. The topological polar surface area (TPSA) is 157 Å². The molecule has 0 saturated carbocycles. The Morgan fingerprint density at radius 1 is 1.02 bits per heavy atom. The van der Waals surface area contributed by atoms with Crippen molar-refractivity contribution in [2.24, 2.45) is 7.05 Å². The molecule has 2 aliphatic carbocycles. The number of carbonyl (C=O) groups is 2. The molecule has 3 aliphatic rings. The zero-order chi connectivity index (χ0) is 33.3. The summed E-state index contributed by atoms with van der Waals surface area (Å²) in [4.78, 5) is 72.2. The molecule has 1 N–H and O–H groups in total. The second-order valence-electron chi connectivity index (χ2n) is 11.5. The molecule has 0 amide bonds. The maximum Gasteiger partial charge on any atom is 0.347 e. The number of halogens is 1. The molecule has 7 rings (SSSR count). The largest absolute Gasteiger partial charge is 0.508 e. The molecule has 4 aromatic rings. The maximum atomic E-state index is 14.0. The van der Waals surface area contributed by atoms with Gasteiger partial charge in [0.05, 0.1) is 42.3 Å². The number of para-hydroxylation sites is 1. The van der Waals surface area contributed by atoms with E-state index in [-0.39, 0.29) is 64.3 Å². The molecule has 2 aromatic carbocycles. The highest BCUT2D eigenvalue weighted by Crippen LogP contribution is 2.51. The van der Waals surface area contributed by atoms with Gasteiger partial charge in [-0.25, -0.2) is 28.5 Å². The third kappa shape index (κ3) is 4.57. The number of benzene rings is 2. The first-order valence-electron chi connectivity index (χ1n) is 14.8. The van der Waals surface area contributed by atoms with Gasteiger partial charge in [-0.15, -0.1) is 0 Å². The Labute approximate surface area is 274 Å². The van der Waals surface area contributed by atoms with Gasteiger partial charge in [-0.1, -0.05) is 24.3 Å². The van der Waals surface area contributed by atoms with Gasteiger partial charge < -0.3 is 19.1 Å². The third-order valence-electron chi connectivity index (χ3n) is 9.15. The Morgan fingerprint density at radius 3 is 2.47 bits per heavy atom. The van der Waals surface area contributed by atoms with Gasteiger partial charge in [0.25, 0.3) is 5.56 Å². The van der Waals surface area contributed by atoms with Gasteiger partial charge in [-0.05, 0) is 27.6 Å². The minimum absolute atomic E-state index is 0.000202. The number of allylic oxidation sites excluding steroid dienone is 6. The van der Waals surface area contributed by atoms with Crippen LogP contribution in [0.15, 0.2) is 84.1 Å². The number of aryl methyl sites for hydroxylation is 2. The van der Waals surface area contributed by atoms with Crippen LogP contribution in [0.1, 0.15) is 29.6 Å². The van der Waals surface area contributed by atoms with Crippen LogP contribution in [-0.2, 0) is 36.1 Å². The van der Waals surface area contributed by atoms with E-state index in [1.54, 1.807) is 43.5 Å². The number of ketones is 2. The lowest BCUT2D eigenvalue weighted by molar-refractivity contribution is -0.115. The summed E-state index contributed by atoms with van der Waals surface area (Å²) < 4.78 is 15.9. The summed E-state index contributed by atoms with van der Waals surface area (Å²) in [6.45, 7) is -0.102. The fourth-order valence-corrected chi connectivity index (χ4v) is 7.34.